The monoisotopic (exact) mass is 377 g/mol. The highest BCUT2D eigenvalue weighted by molar-refractivity contribution is 6.30. The first-order chi connectivity index (χ1) is 12.6. The number of hydrogen-bond donors (Lipinski definition) is 0. The Morgan fingerprint density at radius 1 is 1.19 bits per heavy atom. The van der Waals surface area contributed by atoms with Crippen molar-refractivity contribution in [2.24, 2.45) is 0 Å². The van der Waals surface area contributed by atoms with Crippen LogP contribution in [0.5, 0.6) is 17.5 Å². The van der Waals surface area contributed by atoms with Gasteiger partial charge in [0.15, 0.2) is 6.61 Å². The Morgan fingerprint density at radius 3 is 2.62 bits per heavy atom. The summed E-state index contributed by atoms with van der Waals surface area (Å²) in [6.07, 6.45) is 1.60. The van der Waals surface area contributed by atoms with Crippen LogP contribution in [0.25, 0.3) is 0 Å². The number of ether oxygens (including phenoxy) is 3. The molecule has 7 nitrogen and oxygen atoms in total. The summed E-state index contributed by atoms with van der Waals surface area (Å²) >= 11 is 5.83. The number of aromatic nitrogens is 2. The first-order valence-corrected chi connectivity index (χ1v) is 8.72. The van der Waals surface area contributed by atoms with Gasteiger partial charge < -0.3 is 19.1 Å². The van der Waals surface area contributed by atoms with E-state index in [0.717, 1.165) is 12.8 Å². The molecule has 26 heavy (non-hydrogen) atoms. The van der Waals surface area contributed by atoms with Gasteiger partial charge >= 0.3 is 0 Å². The second-order valence-corrected chi connectivity index (χ2v) is 6.31. The minimum atomic E-state index is -0.120. The highest BCUT2D eigenvalue weighted by Crippen LogP contribution is 2.19. The largest absolute Gasteiger partial charge is 0.484 e. The van der Waals surface area contributed by atoms with Crippen LogP contribution in [0.4, 0.5) is 0 Å². The van der Waals surface area contributed by atoms with Gasteiger partial charge in [0.2, 0.25) is 11.8 Å². The number of benzene rings is 1. The molecule has 1 aliphatic rings. The topological polar surface area (TPSA) is 73.8 Å². The number of rotatable bonds is 6. The highest BCUT2D eigenvalue weighted by atomic mass is 35.5. The molecule has 1 atom stereocenters. The first kappa shape index (κ1) is 18.3. The van der Waals surface area contributed by atoms with Crippen LogP contribution in [-0.2, 0) is 4.79 Å². The predicted octanol–water partition coefficient (Wildman–Crippen LogP) is 2.59. The molecule has 0 aliphatic carbocycles. The van der Waals surface area contributed by atoms with Crippen LogP contribution in [0.15, 0.2) is 36.4 Å². The lowest BCUT2D eigenvalue weighted by Crippen LogP contribution is -2.46. The van der Waals surface area contributed by atoms with E-state index in [2.05, 4.69) is 10.2 Å². The van der Waals surface area contributed by atoms with Crippen molar-refractivity contribution in [3.05, 3.63) is 41.4 Å². The van der Waals surface area contributed by atoms with Gasteiger partial charge in [-0.15, -0.1) is 10.2 Å². The molecule has 0 N–H and O–H groups in total. The third-order valence-electron chi connectivity index (χ3n) is 4.02. The van der Waals surface area contributed by atoms with Crippen molar-refractivity contribution in [2.75, 3.05) is 26.8 Å². The van der Waals surface area contributed by atoms with Crippen molar-refractivity contribution in [2.45, 2.75) is 18.9 Å². The number of methoxy groups -OCH3 is 1. The molecule has 1 aliphatic heterocycles. The van der Waals surface area contributed by atoms with Crippen LogP contribution in [0.3, 0.4) is 0 Å². The van der Waals surface area contributed by atoms with E-state index in [-0.39, 0.29) is 18.6 Å². The van der Waals surface area contributed by atoms with Crippen LogP contribution in [0.2, 0.25) is 5.02 Å². The fourth-order valence-electron chi connectivity index (χ4n) is 2.68. The van der Waals surface area contributed by atoms with Crippen molar-refractivity contribution >= 4 is 17.5 Å². The van der Waals surface area contributed by atoms with E-state index in [9.17, 15) is 4.79 Å². The Morgan fingerprint density at radius 2 is 1.92 bits per heavy atom. The van der Waals surface area contributed by atoms with Crippen molar-refractivity contribution in [3.8, 4) is 17.5 Å². The molecule has 0 radical (unpaired) electrons. The smallest absolute Gasteiger partial charge is 0.260 e. The molecular formula is C18H20ClN3O4. The van der Waals surface area contributed by atoms with E-state index in [1.165, 1.54) is 7.11 Å². The summed E-state index contributed by atoms with van der Waals surface area (Å²) in [5, 5.41) is 8.47. The van der Waals surface area contributed by atoms with Gasteiger partial charge in [0.1, 0.15) is 11.9 Å². The summed E-state index contributed by atoms with van der Waals surface area (Å²) < 4.78 is 16.3. The number of likely N-dealkylation sites (tertiary alicyclic amines) is 1. The van der Waals surface area contributed by atoms with Crippen molar-refractivity contribution in [1.82, 2.24) is 15.1 Å². The minimum Gasteiger partial charge on any atom is -0.484 e. The van der Waals surface area contributed by atoms with Gasteiger partial charge in [-0.3, -0.25) is 4.79 Å². The van der Waals surface area contributed by atoms with Crippen molar-refractivity contribution in [1.29, 1.82) is 0 Å². The Kier molecular flexibility index (Phi) is 6.12. The molecular weight excluding hydrogens is 358 g/mol. The Hall–Kier alpha value is -2.54. The van der Waals surface area contributed by atoms with Gasteiger partial charge in [-0.1, -0.05) is 11.6 Å². The van der Waals surface area contributed by atoms with Crippen LogP contribution in [-0.4, -0.2) is 53.9 Å². The lowest BCUT2D eigenvalue weighted by Gasteiger charge is -2.32. The third kappa shape index (κ3) is 4.98. The van der Waals surface area contributed by atoms with Crippen LogP contribution >= 0.6 is 11.6 Å². The fourth-order valence-corrected chi connectivity index (χ4v) is 2.80. The molecule has 1 amide bonds. The molecule has 0 bridgehead atoms. The maximum atomic E-state index is 12.4. The minimum absolute atomic E-state index is 0.0172. The summed E-state index contributed by atoms with van der Waals surface area (Å²) in [4.78, 5) is 14.1. The highest BCUT2D eigenvalue weighted by Gasteiger charge is 2.25. The molecule has 1 aromatic heterocycles. The first-order valence-electron chi connectivity index (χ1n) is 8.34. The van der Waals surface area contributed by atoms with Gasteiger partial charge in [0.25, 0.3) is 5.91 Å². The Balaban J connectivity index is 1.50. The molecule has 0 saturated carbocycles. The standard InChI is InChI=1S/C18H20ClN3O4/c1-24-16-8-9-17(21-20-16)26-15-3-2-10-22(11-15)18(23)12-25-14-6-4-13(19)5-7-14/h4-9,15H,2-3,10-12H2,1H3. The second-order valence-electron chi connectivity index (χ2n) is 5.88. The molecule has 1 saturated heterocycles. The number of carbonyl (C=O) groups excluding carboxylic acids is 1. The summed E-state index contributed by atoms with van der Waals surface area (Å²) in [6.45, 7) is 1.17. The summed E-state index contributed by atoms with van der Waals surface area (Å²) in [5.74, 6) is 1.38. The fraction of sp³-hybridized carbons (Fsp3) is 0.389. The second kappa shape index (κ2) is 8.71. The average molecular weight is 378 g/mol. The summed E-state index contributed by atoms with van der Waals surface area (Å²) in [7, 11) is 1.53. The Bertz CT molecular complexity index is 724. The molecule has 138 valence electrons. The van der Waals surface area contributed by atoms with Gasteiger partial charge in [0.05, 0.1) is 13.7 Å². The average Bonchev–Trinajstić information content (AvgIpc) is 2.68. The molecule has 2 aromatic rings. The molecule has 1 fully saturated rings. The van der Waals surface area contributed by atoms with Crippen molar-refractivity contribution < 1.29 is 19.0 Å². The lowest BCUT2D eigenvalue weighted by molar-refractivity contribution is -0.136. The molecule has 8 heteroatoms. The van der Waals surface area contributed by atoms with Gasteiger partial charge in [-0.25, -0.2) is 0 Å². The number of piperidine rings is 1. The van der Waals surface area contributed by atoms with Crippen LogP contribution < -0.4 is 14.2 Å². The molecule has 3 rings (SSSR count). The van der Waals surface area contributed by atoms with Gasteiger partial charge in [-0.05, 0) is 37.1 Å². The van der Waals surface area contributed by atoms with E-state index in [4.69, 9.17) is 25.8 Å². The zero-order valence-corrected chi connectivity index (χ0v) is 15.2. The number of hydrogen-bond acceptors (Lipinski definition) is 6. The number of nitrogens with zero attached hydrogens (tertiary/aromatic N) is 3. The van der Waals surface area contributed by atoms with Crippen molar-refractivity contribution in [3.63, 3.8) is 0 Å². The lowest BCUT2D eigenvalue weighted by atomic mass is 10.1. The predicted molar refractivity (Wildman–Crippen MR) is 95.8 cm³/mol. The molecule has 1 aromatic carbocycles. The maximum absolute atomic E-state index is 12.4. The SMILES string of the molecule is COc1ccc(OC2CCCN(C(=O)COc3ccc(Cl)cc3)C2)nn1. The number of halogens is 1. The number of amides is 1. The van der Waals surface area contributed by atoms with Crippen LogP contribution in [0, 0.1) is 0 Å². The zero-order valence-electron chi connectivity index (χ0n) is 14.4. The third-order valence-corrected chi connectivity index (χ3v) is 4.27. The summed E-state index contributed by atoms with van der Waals surface area (Å²) in [5.41, 5.74) is 0. The maximum Gasteiger partial charge on any atom is 0.260 e. The van der Waals surface area contributed by atoms with Gasteiger partial charge in [0, 0.05) is 23.7 Å². The number of carbonyl (C=O) groups is 1. The van der Waals surface area contributed by atoms with E-state index >= 15 is 0 Å². The molecule has 1 unspecified atom stereocenters. The summed E-state index contributed by atoms with van der Waals surface area (Å²) in [6, 6.07) is 10.3. The molecule has 2 heterocycles. The van der Waals surface area contributed by atoms with Crippen LogP contribution in [0.1, 0.15) is 12.8 Å². The van der Waals surface area contributed by atoms with E-state index in [0.29, 0.717) is 35.6 Å². The zero-order chi connectivity index (χ0) is 18.4. The van der Waals surface area contributed by atoms with E-state index in [1.807, 2.05) is 0 Å². The van der Waals surface area contributed by atoms with Gasteiger partial charge in [-0.2, -0.15) is 0 Å². The van der Waals surface area contributed by atoms with E-state index < -0.39 is 0 Å². The molecule has 0 spiro atoms. The van der Waals surface area contributed by atoms with E-state index in [1.54, 1.807) is 41.3 Å². The normalized spacial score (nSPS) is 16.8. The Labute approximate surface area is 156 Å². The quantitative estimate of drug-likeness (QED) is 0.770.